The Hall–Kier alpha value is -2.87. The molecule has 5 rings (SSSR count). The number of ketones is 1. The Morgan fingerprint density at radius 2 is 2.00 bits per heavy atom. The lowest BCUT2D eigenvalue weighted by Crippen LogP contribution is -2.33. The zero-order valence-electron chi connectivity index (χ0n) is 14.9. The maximum absolute atomic E-state index is 13.9. The number of thiophene rings is 1. The number of benzene rings is 1. The molecule has 3 aromatic rings. The van der Waals surface area contributed by atoms with Crippen molar-refractivity contribution >= 4 is 23.1 Å². The van der Waals surface area contributed by atoms with Gasteiger partial charge in [-0.15, -0.1) is 11.3 Å². The molecule has 5 nitrogen and oxygen atoms in total. The minimum Gasteiger partial charge on any atom is -0.328 e. The molecular formula is C20H16F2N4OS. The lowest BCUT2D eigenvalue weighted by molar-refractivity contribution is -0.116. The van der Waals surface area contributed by atoms with Crippen molar-refractivity contribution in [2.45, 2.75) is 31.7 Å². The van der Waals surface area contributed by atoms with Gasteiger partial charge in [0.2, 0.25) is 5.95 Å². The molecule has 0 amide bonds. The van der Waals surface area contributed by atoms with Crippen LogP contribution in [0.5, 0.6) is 0 Å². The quantitative estimate of drug-likeness (QED) is 0.698. The van der Waals surface area contributed by atoms with Gasteiger partial charge in [-0.1, -0.05) is 6.07 Å². The molecule has 3 heterocycles. The monoisotopic (exact) mass is 398 g/mol. The van der Waals surface area contributed by atoms with Crippen LogP contribution in [0.15, 0.2) is 47.0 Å². The Morgan fingerprint density at radius 3 is 2.71 bits per heavy atom. The standard InChI is InChI=1S/C20H16F2N4OS/c1-10-23-20-24-15-7-11(17-3-2-4-28-17)8-16(27)18(15)19(26(20)25-10)12-5-13(21)9-14(22)6-12/h2-6,9,11,19H,7-8H2,1H3,(H,23,24,25)/t11-,19+/m1/s1. The van der Waals surface area contributed by atoms with E-state index in [0.717, 1.165) is 16.6 Å². The van der Waals surface area contributed by atoms with E-state index in [2.05, 4.69) is 15.4 Å². The van der Waals surface area contributed by atoms with E-state index in [1.165, 1.54) is 12.1 Å². The third-order valence-corrected chi connectivity index (χ3v) is 6.21. The van der Waals surface area contributed by atoms with Gasteiger partial charge in [0.1, 0.15) is 23.5 Å². The summed E-state index contributed by atoms with van der Waals surface area (Å²) in [5.74, 6) is -0.334. The first-order valence-corrected chi connectivity index (χ1v) is 9.83. The first kappa shape index (κ1) is 17.2. The normalized spacial score (nSPS) is 21.3. The van der Waals surface area contributed by atoms with Crippen LogP contribution in [0.4, 0.5) is 14.7 Å². The summed E-state index contributed by atoms with van der Waals surface area (Å²) in [6.45, 7) is 1.74. The van der Waals surface area contributed by atoms with Gasteiger partial charge in [-0.05, 0) is 42.5 Å². The molecule has 0 saturated heterocycles. The highest BCUT2D eigenvalue weighted by atomic mass is 32.1. The molecule has 1 N–H and O–H groups in total. The summed E-state index contributed by atoms with van der Waals surface area (Å²) in [5, 5.41) is 9.61. The molecule has 2 aliphatic rings. The number of aryl methyl sites for hydroxylation is 1. The Bertz CT molecular complexity index is 1100. The van der Waals surface area contributed by atoms with Gasteiger partial charge in [0, 0.05) is 34.6 Å². The van der Waals surface area contributed by atoms with E-state index in [1.54, 1.807) is 22.9 Å². The number of aromatic nitrogens is 3. The number of allylic oxidation sites excluding steroid dienone is 2. The second kappa shape index (κ2) is 6.34. The fourth-order valence-electron chi connectivity index (χ4n) is 4.08. The number of anilines is 1. The van der Waals surface area contributed by atoms with E-state index >= 15 is 0 Å². The molecule has 8 heteroatoms. The molecule has 0 unspecified atom stereocenters. The number of halogens is 2. The summed E-state index contributed by atoms with van der Waals surface area (Å²) in [6.07, 6.45) is 1.00. The van der Waals surface area contributed by atoms with E-state index in [1.807, 2.05) is 17.5 Å². The zero-order valence-corrected chi connectivity index (χ0v) is 15.8. The predicted octanol–water partition coefficient (Wildman–Crippen LogP) is 4.34. The van der Waals surface area contributed by atoms with Crippen LogP contribution in [0.25, 0.3) is 0 Å². The summed E-state index contributed by atoms with van der Waals surface area (Å²) >= 11 is 1.63. The van der Waals surface area contributed by atoms with Crippen LogP contribution in [0.3, 0.4) is 0 Å². The number of nitrogens with one attached hydrogen (secondary N) is 1. The summed E-state index contributed by atoms with van der Waals surface area (Å²) in [6, 6.07) is 6.63. The molecule has 0 spiro atoms. The Kier molecular flexibility index (Phi) is 3.90. The van der Waals surface area contributed by atoms with Crippen molar-refractivity contribution in [2.75, 3.05) is 5.32 Å². The fourth-order valence-corrected chi connectivity index (χ4v) is 4.92. The minimum atomic E-state index is -0.700. The molecule has 0 fully saturated rings. The summed E-state index contributed by atoms with van der Waals surface area (Å²) < 4.78 is 29.4. The van der Waals surface area contributed by atoms with Crippen LogP contribution < -0.4 is 5.32 Å². The van der Waals surface area contributed by atoms with Crippen LogP contribution in [0.2, 0.25) is 0 Å². The third kappa shape index (κ3) is 2.75. The lowest BCUT2D eigenvalue weighted by Gasteiger charge is -2.34. The predicted molar refractivity (Wildman–Crippen MR) is 101 cm³/mol. The molecule has 1 aliphatic carbocycles. The van der Waals surface area contributed by atoms with Crippen LogP contribution >= 0.6 is 11.3 Å². The number of Topliss-reactive ketones (excluding diaryl/α,β-unsaturated/α-hetero) is 1. The fraction of sp³-hybridized carbons (Fsp3) is 0.250. The Balaban J connectivity index is 1.66. The van der Waals surface area contributed by atoms with Gasteiger partial charge in [-0.25, -0.2) is 13.5 Å². The van der Waals surface area contributed by atoms with Crippen molar-refractivity contribution in [1.82, 2.24) is 14.8 Å². The number of carbonyl (C=O) groups is 1. The zero-order chi connectivity index (χ0) is 19.4. The minimum absolute atomic E-state index is 0.0411. The molecule has 28 heavy (non-hydrogen) atoms. The average Bonchev–Trinajstić information content (AvgIpc) is 3.27. The van der Waals surface area contributed by atoms with Gasteiger partial charge in [-0.2, -0.15) is 10.1 Å². The second-order valence-corrected chi connectivity index (χ2v) is 8.07. The molecule has 0 saturated carbocycles. The Morgan fingerprint density at radius 1 is 1.21 bits per heavy atom. The van der Waals surface area contributed by atoms with Crippen molar-refractivity contribution in [3.8, 4) is 0 Å². The van der Waals surface area contributed by atoms with Crippen LogP contribution in [-0.4, -0.2) is 20.5 Å². The number of hydrogen-bond acceptors (Lipinski definition) is 5. The van der Waals surface area contributed by atoms with Crippen molar-refractivity contribution in [3.05, 3.63) is 74.9 Å². The number of nitrogens with zero attached hydrogens (tertiary/aromatic N) is 3. The van der Waals surface area contributed by atoms with Crippen molar-refractivity contribution in [2.24, 2.45) is 0 Å². The third-order valence-electron chi connectivity index (χ3n) is 5.17. The largest absolute Gasteiger partial charge is 0.328 e. The number of fused-ring (bicyclic) bond motifs is 1. The van der Waals surface area contributed by atoms with Gasteiger partial charge in [0.15, 0.2) is 5.78 Å². The SMILES string of the molecule is Cc1nc2n(n1)[C@@H](c1cc(F)cc(F)c1)C1=C(C[C@@H](c3cccs3)CC1=O)N2. The molecular weight excluding hydrogens is 382 g/mol. The first-order valence-electron chi connectivity index (χ1n) is 8.95. The molecule has 2 aromatic heterocycles. The highest BCUT2D eigenvalue weighted by Gasteiger charge is 2.40. The number of hydrogen-bond donors (Lipinski definition) is 1. The van der Waals surface area contributed by atoms with E-state index < -0.39 is 17.7 Å². The molecule has 2 atom stereocenters. The van der Waals surface area contributed by atoms with Crippen LogP contribution in [-0.2, 0) is 4.79 Å². The van der Waals surface area contributed by atoms with E-state index in [9.17, 15) is 13.6 Å². The molecule has 142 valence electrons. The average molecular weight is 398 g/mol. The summed E-state index contributed by atoms with van der Waals surface area (Å²) in [7, 11) is 0. The van der Waals surface area contributed by atoms with Gasteiger partial charge in [0.25, 0.3) is 0 Å². The summed E-state index contributed by atoms with van der Waals surface area (Å²) in [5.41, 5.74) is 1.61. The molecule has 0 bridgehead atoms. The van der Waals surface area contributed by atoms with Crippen molar-refractivity contribution in [1.29, 1.82) is 0 Å². The van der Waals surface area contributed by atoms with E-state index in [0.29, 0.717) is 35.8 Å². The Labute approximate surface area is 163 Å². The maximum atomic E-state index is 13.9. The highest BCUT2D eigenvalue weighted by Crippen LogP contribution is 2.44. The van der Waals surface area contributed by atoms with Crippen molar-refractivity contribution < 1.29 is 13.6 Å². The number of rotatable bonds is 2. The molecule has 0 radical (unpaired) electrons. The summed E-state index contributed by atoms with van der Waals surface area (Å²) in [4.78, 5) is 18.7. The van der Waals surface area contributed by atoms with Crippen LogP contribution in [0, 0.1) is 18.6 Å². The second-order valence-electron chi connectivity index (χ2n) is 7.09. The van der Waals surface area contributed by atoms with Gasteiger partial charge in [-0.3, -0.25) is 4.79 Å². The number of carbonyl (C=O) groups excluding carboxylic acids is 1. The van der Waals surface area contributed by atoms with Gasteiger partial charge >= 0.3 is 0 Å². The molecule has 1 aromatic carbocycles. The highest BCUT2D eigenvalue weighted by molar-refractivity contribution is 7.10. The smallest absolute Gasteiger partial charge is 0.226 e. The maximum Gasteiger partial charge on any atom is 0.226 e. The first-order chi connectivity index (χ1) is 13.5. The van der Waals surface area contributed by atoms with Crippen molar-refractivity contribution in [3.63, 3.8) is 0 Å². The van der Waals surface area contributed by atoms with E-state index in [-0.39, 0.29) is 11.7 Å². The van der Waals surface area contributed by atoms with Gasteiger partial charge < -0.3 is 5.32 Å². The lowest BCUT2D eigenvalue weighted by atomic mass is 9.80. The van der Waals surface area contributed by atoms with Crippen LogP contribution in [0.1, 0.15) is 41.1 Å². The van der Waals surface area contributed by atoms with Gasteiger partial charge in [0.05, 0.1) is 0 Å². The van der Waals surface area contributed by atoms with E-state index in [4.69, 9.17) is 0 Å². The molecule has 1 aliphatic heterocycles. The topological polar surface area (TPSA) is 59.8 Å².